The van der Waals surface area contributed by atoms with Gasteiger partial charge in [0.25, 0.3) is 0 Å². The Morgan fingerprint density at radius 1 is 1.23 bits per heavy atom. The number of methoxy groups -OCH3 is 1. The maximum atomic E-state index is 12.0. The summed E-state index contributed by atoms with van der Waals surface area (Å²) in [5, 5.41) is 0. The Labute approximate surface area is 125 Å². The summed E-state index contributed by atoms with van der Waals surface area (Å²) in [6.07, 6.45) is -4.55. The van der Waals surface area contributed by atoms with E-state index in [-0.39, 0.29) is 24.3 Å². The molecule has 6 nitrogen and oxygen atoms in total. The Morgan fingerprint density at radius 2 is 1.82 bits per heavy atom. The van der Waals surface area contributed by atoms with E-state index in [1.54, 1.807) is 0 Å². The molecule has 0 saturated carbocycles. The topological polar surface area (TPSA) is 81.7 Å². The van der Waals surface area contributed by atoms with Crippen LogP contribution in [0.15, 0.2) is 29.2 Å². The van der Waals surface area contributed by atoms with E-state index in [9.17, 15) is 26.4 Å². The summed E-state index contributed by atoms with van der Waals surface area (Å²) in [5.41, 5.74) is 0. The van der Waals surface area contributed by atoms with Crippen LogP contribution in [0.25, 0.3) is 0 Å². The van der Waals surface area contributed by atoms with Crippen molar-refractivity contribution in [2.75, 3.05) is 13.7 Å². The molecule has 1 aromatic rings. The van der Waals surface area contributed by atoms with E-state index in [4.69, 9.17) is 0 Å². The number of hydrogen-bond acceptors (Lipinski definition) is 5. The van der Waals surface area contributed by atoms with Gasteiger partial charge >= 0.3 is 12.3 Å². The molecule has 0 aliphatic rings. The maximum absolute atomic E-state index is 12.0. The lowest BCUT2D eigenvalue weighted by atomic mass is 10.3. The molecule has 0 bridgehead atoms. The molecule has 1 aromatic carbocycles. The van der Waals surface area contributed by atoms with Crippen LogP contribution in [-0.2, 0) is 19.6 Å². The van der Waals surface area contributed by atoms with Crippen molar-refractivity contribution in [1.82, 2.24) is 4.72 Å². The predicted octanol–water partition coefficient (Wildman–Crippen LogP) is 1.82. The highest BCUT2D eigenvalue weighted by atomic mass is 32.2. The van der Waals surface area contributed by atoms with Gasteiger partial charge in [0.15, 0.2) is 0 Å². The van der Waals surface area contributed by atoms with Gasteiger partial charge in [0.1, 0.15) is 5.75 Å². The molecule has 0 aromatic heterocycles. The molecule has 10 heteroatoms. The molecular formula is C12H14F3NO5S. The molecule has 0 radical (unpaired) electrons. The fourth-order valence-corrected chi connectivity index (χ4v) is 2.52. The predicted molar refractivity (Wildman–Crippen MR) is 69.6 cm³/mol. The minimum Gasteiger partial charge on any atom is -0.469 e. The van der Waals surface area contributed by atoms with Crippen molar-refractivity contribution in [3.05, 3.63) is 24.3 Å². The number of alkyl halides is 3. The zero-order chi connectivity index (χ0) is 16.8. The highest BCUT2D eigenvalue weighted by Crippen LogP contribution is 2.23. The fourth-order valence-electron chi connectivity index (χ4n) is 1.45. The minimum absolute atomic E-state index is 0.00175. The molecule has 124 valence electrons. The Kier molecular flexibility index (Phi) is 6.18. The van der Waals surface area contributed by atoms with E-state index in [2.05, 4.69) is 14.2 Å². The lowest BCUT2D eigenvalue weighted by Gasteiger charge is -2.10. The summed E-state index contributed by atoms with van der Waals surface area (Å²) in [7, 11) is -2.64. The number of benzene rings is 1. The van der Waals surface area contributed by atoms with Gasteiger partial charge in [-0.3, -0.25) is 4.79 Å². The van der Waals surface area contributed by atoms with Crippen molar-refractivity contribution in [3.8, 4) is 5.75 Å². The van der Waals surface area contributed by atoms with Crippen molar-refractivity contribution in [1.29, 1.82) is 0 Å². The lowest BCUT2D eigenvalue weighted by Crippen LogP contribution is -2.25. The van der Waals surface area contributed by atoms with Gasteiger partial charge in [0.2, 0.25) is 10.0 Å². The molecule has 0 saturated heterocycles. The first-order valence-electron chi connectivity index (χ1n) is 6.06. The largest absolute Gasteiger partial charge is 0.573 e. The summed E-state index contributed by atoms with van der Waals surface area (Å²) in [4.78, 5) is 10.6. The summed E-state index contributed by atoms with van der Waals surface area (Å²) >= 11 is 0. The number of carbonyl (C=O) groups is 1. The molecule has 0 atom stereocenters. The molecule has 1 N–H and O–H groups in total. The van der Waals surface area contributed by atoms with Gasteiger partial charge in [-0.15, -0.1) is 13.2 Å². The van der Waals surface area contributed by atoms with Crippen molar-refractivity contribution >= 4 is 16.0 Å². The number of sulfonamides is 1. The van der Waals surface area contributed by atoms with E-state index >= 15 is 0 Å². The first kappa shape index (κ1) is 18.2. The third-order valence-corrected chi connectivity index (χ3v) is 3.92. The third-order valence-electron chi connectivity index (χ3n) is 2.45. The van der Waals surface area contributed by atoms with Crippen LogP contribution in [0.1, 0.15) is 12.8 Å². The van der Waals surface area contributed by atoms with E-state index in [0.717, 1.165) is 24.3 Å². The zero-order valence-corrected chi connectivity index (χ0v) is 12.3. The van der Waals surface area contributed by atoms with E-state index in [1.165, 1.54) is 7.11 Å². The van der Waals surface area contributed by atoms with Crippen molar-refractivity contribution in [2.45, 2.75) is 24.1 Å². The van der Waals surface area contributed by atoms with Crippen LogP contribution < -0.4 is 9.46 Å². The van der Waals surface area contributed by atoms with Gasteiger partial charge in [0.05, 0.1) is 12.0 Å². The number of hydrogen-bond donors (Lipinski definition) is 1. The van der Waals surface area contributed by atoms with E-state index in [1.807, 2.05) is 0 Å². The standard InChI is InChI=1S/C12H14F3NO5S/c1-20-11(17)3-2-8-16-22(18,19)10-6-4-9(5-7-10)21-12(13,14)15/h4-7,16H,2-3,8H2,1H3. The van der Waals surface area contributed by atoms with Gasteiger partial charge in [-0.25, -0.2) is 13.1 Å². The van der Waals surface area contributed by atoms with Crippen molar-refractivity contribution in [2.24, 2.45) is 0 Å². The summed E-state index contributed by atoms with van der Waals surface area (Å²) in [6, 6.07) is 3.78. The average molecular weight is 341 g/mol. The number of ether oxygens (including phenoxy) is 2. The highest BCUT2D eigenvalue weighted by Gasteiger charge is 2.31. The smallest absolute Gasteiger partial charge is 0.469 e. The zero-order valence-electron chi connectivity index (χ0n) is 11.5. The molecule has 0 unspecified atom stereocenters. The lowest BCUT2D eigenvalue weighted by molar-refractivity contribution is -0.274. The van der Waals surface area contributed by atoms with E-state index < -0.39 is 28.1 Å². The third kappa shape index (κ3) is 6.31. The van der Waals surface area contributed by atoms with Gasteiger partial charge in [-0.1, -0.05) is 0 Å². The minimum atomic E-state index is -4.84. The Hall–Kier alpha value is -1.81. The van der Waals surface area contributed by atoms with Crippen LogP contribution in [0.3, 0.4) is 0 Å². The summed E-state index contributed by atoms with van der Waals surface area (Å²) < 4.78 is 69.9. The molecular weight excluding hydrogens is 327 g/mol. The number of halogens is 3. The van der Waals surface area contributed by atoms with Crippen LogP contribution in [0.5, 0.6) is 5.75 Å². The van der Waals surface area contributed by atoms with Crippen LogP contribution in [0, 0.1) is 0 Å². The molecule has 0 spiro atoms. The molecule has 0 amide bonds. The Balaban J connectivity index is 2.60. The second-order valence-electron chi connectivity index (χ2n) is 4.10. The number of nitrogens with one attached hydrogen (secondary N) is 1. The molecule has 0 aliphatic heterocycles. The number of esters is 1. The fraction of sp³-hybridized carbons (Fsp3) is 0.417. The van der Waals surface area contributed by atoms with Crippen LogP contribution in [0.4, 0.5) is 13.2 Å². The highest BCUT2D eigenvalue weighted by molar-refractivity contribution is 7.89. The molecule has 0 aliphatic carbocycles. The monoisotopic (exact) mass is 341 g/mol. The second-order valence-corrected chi connectivity index (χ2v) is 5.86. The van der Waals surface area contributed by atoms with E-state index in [0.29, 0.717) is 0 Å². The number of rotatable bonds is 7. The Morgan fingerprint density at radius 3 is 2.32 bits per heavy atom. The average Bonchev–Trinajstić information content (AvgIpc) is 2.42. The quantitative estimate of drug-likeness (QED) is 0.604. The summed E-state index contributed by atoms with van der Waals surface area (Å²) in [6.45, 7) is -0.00175. The van der Waals surface area contributed by atoms with Crippen LogP contribution in [-0.4, -0.2) is 34.4 Å². The molecule has 22 heavy (non-hydrogen) atoms. The Bertz CT molecular complexity index is 598. The van der Waals surface area contributed by atoms with Crippen molar-refractivity contribution < 1.29 is 35.9 Å². The number of carbonyl (C=O) groups excluding carboxylic acids is 1. The first-order chi connectivity index (χ1) is 10.1. The summed E-state index contributed by atoms with van der Waals surface area (Å²) in [5.74, 6) is -0.981. The van der Waals surface area contributed by atoms with Crippen LogP contribution in [0.2, 0.25) is 0 Å². The maximum Gasteiger partial charge on any atom is 0.573 e. The second kappa shape index (κ2) is 7.45. The van der Waals surface area contributed by atoms with Crippen molar-refractivity contribution in [3.63, 3.8) is 0 Å². The molecule has 0 heterocycles. The first-order valence-corrected chi connectivity index (χ1v) is 7.54. The molecule has 1 rings (SSSR count). The normalized spacial score (nSPS) is 12.0. The van der Waals surface area contributed by atoms with Gasteiger partial charge in [-0.2, -0.15) is 0 Å². The van der Waals surface area contributed by atoms with Crippen LogP contribution >= 0.6 is 0 Å². The van der Waals surface area contributed by atoms with Gasteiger partial charge in [-0.05, 0) is 30.7 Å². The van der Waals surface area contributed by atoms with Gasteiger partial charge < -0.3 is 9.47 Å². The van der Waals surface area contributed by atoms with Gasteiger partial charge in [0, 0.05) is 13.0 Å². The SMILES string of the molecule is COC(=O)CCCNS(=O)(=O)c1ccc(OC(F)(F)F)cc1. The molecule has 0 fully saturated rings.